The minimum Gasteiger partial charge on any atom is -0.334 e. The van der Waals surface area contributed by atoms with Crippen molar-refractivity contribution in [2.24, 2.45) is 0 Å². The van der Waals surface area contributed by atoms with Crippen LogP contribution in [0.5, 0.6) is 0 Å². The molecular formula is C13H11F3N4O3. The van der Waals surface area contributed by atoms with Gasteiger partial charge in [-0.3, -0.25) is 19.5 Å². The molecule has 23 heavy (non-hydrogen) atoms. The molecule has 0 radical (unpaired) electrons. The van der Waals surface area contributed by atoms with Gasteiger partial charge < -0.3 is 10.2 Å². The highest BCUT2D eigenvalue weighted by Crippen LogP contribution is 2.27. The van der Waals surface area contributed by atoms with Gasteiger partial charge in [0, 0.05) is 19.3 Å². The van der Waals surface area contributed by atoms with Crippen molar-refractivity contribution in [2.75, 3.05) is 19.6 Å². The number of aromatic nitrogens is 1. The molecule has 1 aromatic rings. The van der Waals surface area contributed by atoms with E-state index in [4.69, 9.17) is 0 Å². The number of rotatable bonds is 2. The molecule has 0 bridgehead atoms. The van der Waals surface area contributed by atoms with E-state index in [9.17, 15) is 27.6 Å². The fraction of sp³-hybridized carbons (Fsp3) is 0.385. The third-order valence-electron chi connectivity index (χ3n) is 3.69. The second kappa shape index (κ2) is 5.21. The zero-order valence-corrected chi connectivity index (χ0v) is 11.6. The molecule has 0 saturated carbocycles. The van der Waals surface area contributed by atoms with E-state index in [-0.39, 0.29) is 31.1 Å². The molecule has 10 heteroatoms. The number of hydrogen-bond acceptors (Lipinski definition) is 4. The van der Waals surface area contributed by atoms with Gasteiger partial charge in [-0.15, -0.1) is 0 Å². The van der Waals surface area contributed by atoms with Gasteiger partial charge >= 0.3 is 12.2 Å². The fourth-order valence-electron chi connectivity index (χ4n) is 2.46. The van der Waals surface area contributed by atoms with Crippen LogP contribution in [0.1, 0.15) is 16.1 Å². The second-order valence-electron chi connectivity index (χ2n) is 5.22. The highest BCUT2D eigenvalue weighted by atomic mass is 19.4. The summed E-state index contributed by atoms with van der Waals surface area (Å²) in [6, 6.07) is 0.890. The van der Waals surface area contributed by atoms with Crippen molar-refractivity contribution in [2.45, 2.75) is 12.2 Å². The Hall–Kier alpha value is -2.65. The number of carbonyl (C=O) groups is 3. The molecule has 2 aliphatic heterocycles. The molecule has 122 valence electrons. The SMILES string of the molecule is O=C(c1ccc(C(F)(F)F)nc1)N1CC(N2C(=O)CNC2=O)C1. The zero-order valence-electron chi connectivity index (χ0n) is 11.6. The first-order valence-corrected chi connectivity index (χ1v) is 6.70. The third kappa shape index (κ3) is 2.71. The lowest BCUT2D eigenvalue weighted by Gasteiger charge is -2.42. The van der Waals surface area contributed by atoms with Crippen LogP contribution in [0.25, 0.3) is 0 Å². The van der Waals surface area contributed by atoms with Gasteiger partial charge in [0.1, 0.15) is 5.69 Å². The lowest BCUT2D eigenvalue weighted by atomic mass is 10.1. The van der Waals surface area contributed by atoms with Gasteiger partial charge in [0.25, 0.3) is 5.91 Å². The van der Waals surface area contributed by atoms with Crippen LogP contribution in [0, 0.1) is 0 Å². The number of halogens is 3. The van der Waals surface area contributed by atoms with Gasteiger partial charge in [0.15, 0.2) is 0 Å². The van der Waals surface area contributed by atoms with Gasteiger partial charge in [-0.05, 0) is 12.1 Å². The molecule has 1 N–H and O–H groups in total. The molecule has 0 aromatic carbocycles. The molecule has 0 unspecified atom stereocenters. The summed E-state index contributed by atoms with van der Waals surface area (Å²) < 4.78 is 37.3. The molecule has 7 nitrogen and oxygen atoms in total. The first-order chi connectivity index (χ1) is 10.8. The first kappa shape index (κ1) is 15.3. The Morgan fingerprint density at radius 1 is 1.26 bits per heavy atom. The quantitative estimate of drug-likeness (QED) is 0.801. The topological polar surface area (TPSA) is 82.6 Å². The molecule has 3 rings (SSSR count). The van der Waals surface area contributed by atoms with Crippen LogP contribution in [-0.2, 0) is 11.0 Å². The number of nitrogens with one attached hydrogen (secondary N) is 1. The average molecular weight is 328 g/mol. The number of carbonyl (C=O) groups excluding carboxylic acids is 3. The summed E-state index contributed by atoms with van der Waals surface area (Å²) in [7, 11) is 0. The van der Waals surface area contributed by atoms with Crippen LogP contribution in [0.4, 0.5) is 18.0 Å². The van der Waals surface area contributed by atoms with Crippen molar-refractivity contribution < 1.29 is 27.6 Å². The number of imide groups is 1. The van der Waals surface area contributed by atoms with Crippen molar-refractivity contribution in [1.82, 2.24) is 20.1 Å². The zero-order chi connectivity index (χ0) is 16.8. The molecule has 3 heterocycles. The van der Waals surface area contributed by atoms with Crippen molar-refractivity contribution in [3.8, 4) is 0 Å². The molecular weight excluding hydrogens is 317 g/mol. The number of amides is 4. The summed E-state index contributed by atoms with van der Waals surface area (Å²) in [5.74, 6) is -0.849. The summed E-state index contributed by atoms with van der Waals surface area (Å²) in [5, 5.41) is 2.38. The van der Waals surface area contributed by atoms with E-state index >= 15 is 0 Å². The maximum atomic E-state index is 12.4. The summed E-state index contributed by atoms with van der Waals surface area (Å²) >= 11 is 0. The summed E-state index contributed by atoms with van der Waals surface area (Å²) in [4.78, 5) is 40.7. The highest BCUT2D eigenvalue weighted by molar-refractivity contribution is 6.03. The minimum absolute atomic E-state index is 0.0219. The molecule has 1 aromatic heterocycles. The van der Waals surface area contributed by atoms with E-state index in [1.165, 1.54) is 4.90 Å². The Bertz CT molecular complexity index is 652. The van der Waals surface area contributed by atoms with Crippen LogP contribution in [0.2, 0.25) is 0 Å². The van der Waals surface area contributed by atoms with Gasteiger partial charge in [-0.25, -0.2) is 4.79 Å². The predicted molar refractivity (Wildman–Crippen MR) is 69.2 cm³/mol. The first-order valence-electron chi connectivity index (χ1n) is 6.70. The minimum atomic E-state index is -4.56. The average Bonchev–Trinajstić information content (AvgIpc) is 2.77. The number of alkyl halides is 3. The van der Waals surface area contributed by atoms with Crippen molar-refractivity contribution >= 4 is 17.8 Å². The molecule has 2 aliphatic rings. The molecule has 2 saturated heterocycles. The van der Waals surface area contributed by atoms with E-state index in [1.807, 2.05) is 0 Å². The lowest BCUT2D eigenvalue weighted by molar-refractivity contribution is -0.141. The van der Waals surface area contributed by atoms with E-state index in [1.54, 1.807) is 0 Å². The van der Waals surface area contributed by atoms with Gasteiger partial charge in [0.05, 0.1) is 18.2 Å². The van der Waals surface area contributed by atoms with Crippen LogP contribution >= 0.6 is 0 Å². The highest BCUT2D eigenvalue weighted by Gasteiger charge is 2.43. The summed E-state index contributed by atoms with van der Waals surface area (Å²) in [6.45, 7) is 0.240. The largest absolute Gasteiger partial charge is 0.433 e. The summed E-state index contributed by atoms with van der Waals surface area (Å²) in [5.41, 5.74) is -1.05. The Balaban J connectivity index is 1.63. The monoisotopic (exact) mass is 328 g/mol. The Kier molecular flexibility index (Phi) is 3.46. The molecule has 0 spiro atoms. The van der Waals surface area contributed by atoms with Crippen molar-refractivity contribution in [3.05, 3.63) is 29.6 Å². The van der Waals surface area contributed by atoms with E-state index in [0.717, 1.165) is 23.2 Å². The van der Waals surface area contributed by atoms with Crippen LogP contribution in [-0.4, -0.2) is 58.3 Å². The van der Waals surface area contributed by atoms with Crippen molar-refractivity contribution in [3.63, 3.8) is 0 Å². The maximum absolute atomic E-state index is 12.4. The fourth-order valence-corrected chi connectivity index (χ4v) is 2.46. The lowest BCUT2D eigenvalue weighted by Crippen LogP contribution is -2.62. The van der Waals surface area contributed by atoms with E-state index in [0.29, 0.717) is 0 Å². The number of urea groups is 1. The predicted octanol–water partition coefficient (Wildman–Crippen LogP) is 0.477. The number of nitrogens with zero attached hydrogens (tertiary/aromatic N) is 3. The standard InChI is InChI=1S/C13H11F3N4O3/c14-13(15,16)9-2-1-7(3-17-9)11(22)19-5-8(6-19)20-10(21)4-18-12(20)23/h1-3,8H,4-6H2,(H,18,23). The number of pyridine rings is 1. The molecule has 0 atom stereocenters. The normalized spacial score (nSPS) is 18.9. The number of likely N-dealkylation sites (tertiary alicyclic amines) is 1. The van der Waals surface area contributed by atoms with Crippen LogP contribution in [0.3, 0.4) is 0 Å². The second-order valence-corrected chi connectivity index (χ2v) is 5.22. The van der Waals surface area contributed by atoms with E-state index in [2.05, 4.69) is 10.3 Å². The smallest absolute Gasteiger partial charge is 0.334 e. The molecule has 0 aliphatic carbocycles. The number of hydrogen-bond donors (Lipinski definition) is 1. The Morgan fingerprint density at radius 3 is 2.43 bits per heavy atom. The summed E-state index contributed by atoms with van der Waals surface area (Å²) in [6.07, 6.45) is -3.70. The molecule has 4 amide bonds. The third-order valence-corrected chi connectivity index (χ3v) is 3.69. The van der Waals surface area contributed by atoms with Crippen LogP contribution in [0.15, 0.2) is 18.3 Å². The maximum Gasteiger partial charge on any atom is 0.433 e. The van der Waals surface area contributed by atoms with Gasteiger partial charge in [0.2, 0.25) is 5.91 Å². The van der Waals surface area contributed by atoms with Gasteiger partial charge in [-0.2, -0.15) is 13.2 Å². The Labute approximate surface area is 128 Å². The van der Waals surface area contributed by atoms with Crippen LogP contribution < -0.4 is 5.32 Å². The van der Waals surface area contributed by atoms with Crippen molar-refractivity contribution in [1.29, 1.82) is 0 Å². The Morgan fingerprint density at radius 2 is 1.96 bits per heavy atom. The van der Waals surface area contributed by atoms with Gasteiger partial charge in [-0.1, -0.05) is 0 Å². The van der Waals surface area contributed by atoms with E-state index < -0.39 is 29.9 Å². The molecule has 2 fully saturated rings.